The van der Waals surface area contributed by atoms with Crippen molar-refractivity contribution in [3.8, 4) is 0 Å². The molecule has 2 nitrogen and oxygen atoms in total. The van der Waals surface area contributed by atoms with Gasteiger partial charge in [-0.15, -0.1) is 0 Å². The fourth-order valence-corrected chi connectivity index (χ4v) is 3.64. The Balaban J connectivity index is 1.62. The lowest BCUT2D eigenvalue weighted by Crippen LogP contribution is -2.43. The van der Waals surface area contributed by atoms with E-state index in [2.05, 4.69) is 40.8 Å². The number of rotatable bonds is 5. The second-order valence-electron chi connectivity index (χ2n) is 5.37. The molecule has 1 N–H and O–H groups in total. The van der Waals surface area contributed by atoms with Crippen LogP contribution in [0, 0.1) is 0 Å². The van der Waals surface area contributed by atoms with Gasteiger partial charge in [-0.2, -0.15) is 11.8 Å². The van der Waals surface area contributed by atoms with E-state index in [-0.39, 0.29) is 0 Å². The Kier molecular flexibility index (Phi) is 3.76. The zero-order valence-corrected chi connectivity index (χ0v) is 12.2. The number of aromatic nitrogens is 1. The Labute approximate surface area is 119 Å². The highest BCUT2D eigenvalue weighted by atomic mass is 32.2. The standard InChI is InChI=1S/C16H20N2S/c1-19-16(7-3-8-16)12-17-11-13-5-6-15-14(10-13)4-2-9-18-15/h2,4-6,9-10,17H,3,7-8,11-12H2,1H3. The molecule has 2 aromatic rings. The van der Waals surface area contributed by atoms with Gasteiger partial charge >= 0.3 is 0 Å². The predicted molar refractivity (Wildman–Crippen MR) is 83.5 cm³/mol. The molecule has 1 saturated carbocycles. The van der Waals surface area contributed by atoms with E-state index in [4.69, 9.17) is 0 Å². The van der Waals surface area contributed by atoms with E-state index >= 15 is 0 Å². The highest BCUT2D eigenvalue weighted by Crippen LogP contribution is 2.42. The molecule has 0 aliphatic heterocycles. The first-order valence-electron chi connectivity index (χ1n) is 6.91. The summed E-state index contributed by atoms with van der Waals surface area (Å²) in [5.74, 6) is 0. The van der Waals surface area contributed by atoms with Crippen LogP contribution in [0.4, 0.5) is 0 Å². The van der Waals surface area contributed by atoms with E-state index in [0.717, 1.165) is 18.6 Å². The van der Waals surface area contributed by atoms with Crippen LogP contribution in [0.25, 0.3) is 10.9 Å². The Morgan fingerprint density at radius 2 is 2.21 bits per heavy atom. The van der Waals surface area contributed by atoms with Crippen LogP contribution in [0.3, 0.4) is 0 Å². The van der Waals surface area contributed by atoms with Crippen LogP contribution in [0.5, 0.6) is 0 Å². The van der Waals surface area contributed by atoms with Crippen molar-refractivity contribution in [1.82, 2.24) is 10.3 Å². The smallest absolute Gasteiger partial charge is 0.0702 e. The lowest BCUT2D eigenvalue weighted by molar-refractivity contribution is 0.345. The summed E-state index contributed by atoms with van der Waals surface area (Å²) in [4.78, 5) is 4.35. The van der Waals surface area contributed by atoms with E-state index in [1.165, 1.54) is 30.2 Å². The van der Waals surface area contributed by atoms with Gasteiger partial charge in [-0.1, -0.05) is 18.6 Å². The van der Waals surface area contributed by atoms with Gasteiger partial charge in [0.2, 0.25) is 0 Å². The molecule has 0 unspecified atom stereocenters. The first-order chi connectivity index (χ1) is 9.31. The number of hydrogen-bond acceptors (Lipinski definition) is 3. The van der Waals surface area contributed by atoms with E-state index in [1.807, 2.05) is 24.0 Å². The third kappa shape index (κ3) is 2.77. The fraction of sp³-hybridized carbons (Fsp3) is 0.438. The monoisotopic (exact) mass is 272 g/mol. The summed E-state index contributed by atoms with van der Waals surface area (Å²) in [7, 11) is 0. The minimum atomic E-state index is 0.512. The number of thioether (sulfide) groups is 1. The van der Waals surface area contributed by atoms with Crippen molar-refractivity contribution in [2.24, 2.45) is 0 Å². The Bertz CT molecular complexity index is 558. The average Bonchev–Trinajstić information content (AvgIpc) is 2.42. The van der Waals surface area contributed by atoms with Crippen LogP contribution < -0.4 is 5.32 Å². The first-order valence-corrected chi connectivity index (χ1v) is 8.13. The van der Waals surface area contributed by atoms with Crippen LogP contribution in [0.1, 0.15) is 24.8 Å². The molecule has 100 valence electrons. The van der Waals surface area contributed by atoms with Gasteiger partial charge in [0.05, 0.1) is 5.52 Å². The van der Waals surface area contributed by atoms with Gasteiger partial charge in [0, 0.05) is 29.4 Å². The summed E-state index contributed by atoms with van der Waals surface area (Å²) in [6.07, 6.45) is 8.21. The predicted octanol–water partition coefficient (Wildman–Crippen LogP) is 3.61. The minimum Gasteiger partial charge on any atom is -0.311 e. The van der Waals surface area contributed by atoms with Gasteiger partial charge in [-0.3, -0.25) is 4.98 Å². The van der Waals surface area contributed by atoms with Crippen molar-refractivity contribution in [2.45, 2.75) is 30.6 Å². The third-order valence-electron chi connectivity index (χ3n) is 4.14. The van der Waals surface area contributed by atoms with E-state index < -0.39 is 0 Å². The molecule has 0 radical (unpaired) electrons. The number of pyridine rings is 1. The number of nitrogens with one attached hydrogen (secondary N) is 1. The van der Waals surface area contributed by atoms with Crippen LogP contribution in [-0.2, 0) is 6.54 Å². The van der Waals surface area contributed by atoms with Crippen molar-refractivity contribution in [1.29, 1.82) is 0 Å². The molecule has 0 spiro atoms. The lowest BCUT2D eigenvalue weighted by atomic mass is 9.84. The summed E-state index contributed by atoms with van der Waals surface area (Å²) < 4.78 is 0.512. The maximum absolute atomic E-state index is 4.35. The zero-order chi connectivity index (χ0) is 13.1. The molecule has 0 atom stereocenters. The van der Waals surface area contributed by atoms with E-state index in [0.29, 0.717) is 4.75 Å². The molecule has 3 heteroatoms. The molecule has 0 bridgehead atoms. The van der Waals surface area contributed by atoms with Crippen molar-refractivity contribution in [3.05, 3.63) is 42.1 Å². The van der Waals surface area contributed by atoms with Crippen LogP contribution in [0.2, 0.25) is 0 Å². The molecule has 0 saturated heterocycles. The molecule has 3 rings (SSSR count). The van der Waals surface area contributed by atoms with Gasteiger partial charge in [-0.05, 0) is 42.9 Å². The first kappa shape index (κ1) is 12.9. The molecule has 1 aliphatic rings. The topological polar surface area (TPSA) is 24.9 Å². The molecule has 1 aliphatic carbocycles. The van der Waals surface area contributed by atoms with Crippen LogP contribution in [-0.4, -0.2) is 22.5 Å². The Hall–Kier alpha value is -1.06. The number of hydrogen-bond donors (Lipinski definition) is 1. The summed E-state index contributed by atoms with van der Waals surface area (Å²) in [6, 6.07) is 10.6. The minimum absolute atomic E-state index is 0.512. The Morgan fingerprint density at radius 3 is 2.95 bits per heavy atom. The van der Waals surface area contributed by atoms with E-state index in [1.54, 1.807) is 0 Å². The maximum Gasteiger partial charge on any atom is 0.0702 e. The number of benzene rings is 1. The highest BCUT2D eigenvalue weighted by Gasteiger charge is 2.35. The SMILES string of the molecule is CSC1(CNCc2ccc3ncccc3c2)CCC1. The molecule has 0 amide bonds. The van der Waals surface area contributed by atoms with Gasteiger partial charge in [0.25, 0.3) is 0 Å². The third-order valence-corrected chi connectivity index (χ3v) is 5.56. The molecular weight excluding hydrogens is 252 g/mol. The zero-order valence-electron chi connectivity index (χ0n) is 11.4. The summed E-state index contributed by atoms with van der Waals surface area (Å²) >= 11 is 2.02. The molecular formula is C16H20N2S. The summed E-state index contributed by atoms with van der Waals surface area (Å²) in [5.41, 5.74) is 2.42. The van der Waals surface area contributed by atoms with Crippen molar-refractivity contribution in [3.63, 3.8) is 0 Å². The number of fused-ring (bicyclic) bond motifs is 1. The summed E-state index contributed by atoms with van der Waals surface area (Å²) in [6.45, 7) is 2.08. The fourth-order valence-electron chi connectivity index (χ4n) is 2.69. The summed E-state index contributed by atoms with van der Waals surface area (Å²) in [5, 5.41) is 4.85. The molecule has 1 aromatic heterocycles. The normalized spacial score (nSPS) is 17.3. The van der Waals surface area contributed by atoms with Gasteiger partial charge in [-0.25, -0.2) is 0 Å². The van der Waals surface area contributed by atoms with Crippen molar-refractivity contribution >= 4 is 22.7 Å². The maximum atomic E-state index is 4.35. The quantitative estimate of drug-likeness (QED) is 0.900. The molecule has 1 aromatic carbocycles. The number of nitrogens with zero attached hydrogens (tertiary/aromatic N) is 1. The lowest BCUT2D eigenvalue weighted by Gasteiger charge is -2.40. The molecule has 1 heterocycles. The van der Waals surface area contributed by atoms with Crippen LogP contribution in [0.15, 0.2) is 36.5 Å². The van der Waals surface area contributed by atoms with Gasteiger partial charge in [0.15, 0.2) is 0 Å². The second kappa shape index (κ2) is 5.51. The van der Waals surface area contributed by atoms with Gasteiger partial charge < -0.3 is 5.32 Å². The molecule has 19 heavy (non-hydrogen) atoms. The average molecular weight is 272 g/mol. The van der Waals surface area contributed by atoms with Crippen molar-refractivity contribution < 1.29 is 0 Å². The van der Waals surface area contributed by atoms with Crippen molar-refractivity contribution in [2.75, 3.05) is 12.8 Å². The van der Waals surface area contributed by atoms with Crippen LogP contribution >= 0.6 is 11.8 Å². The molecule has 1 fully saturated rings. The largest absolute Gasteiger partial charge is 0.311 e. The second-order valence-corrected chi connectivity index (χ2v) is 6.65. The Morgan fingerprint density at radius 1 is 1.32 bits per heavy atom. The van der Waals surface area contributed by atoms with Gasteiger partial charge in [0.1, 0.15) is 0 Å². The van der Waals surface area contributed by atoms with E-state index in [9.17, 15) is 0 Å². The highest BCUT2D eigenvalue weighted by molar-refractivity contribution is 8.00.